The first-order valence-corrected chi connectivity index (χ1v) is 8.88. The lowest BCUT2D eigenvalue weighted by Crippen LogP contribution is -2.49. The van der Waals surface area contributed by atoms with Crippen LogP contribution >= 0.6 is 0 Å². The lowest BCUT2D eigenvalue weighted by atomic mass is 9.83. The van der Waals surface area contributed by atoms with Gasteiger partial charge in [0.1, 0.15) is 5.82 Å². The summed E-state index contributed by atoms with van der Waals surface area (Å²) in [6, 6.07) is 6.13. The van der Waals surface area contributed by atoms with E-state index >= 15 is 0 Å². The van der Waals surface area contributed by atoms with Crippen LogP contribution in [0.1, 0.15) is 56.6 Å². The van der Waals surface area contributed by atoms with Crippen molar-refractivity contribution in [1.82, 2.24) is 10.2 Å². The van der Waals surface area contributed by atoms with Crippen LogP contribution in [0.15, 0.2) is 24.3 Å². The molecular formula is C19H25FN2O2. The van der Waals surface area contributed by atoms with Crippen molar-refractivity contribution in [2.45, 2.75) is 57.0 Å². The van der Waals surface area contributed by atoms with E-state index < -0.39 is 12.0 Å². The molecule has 0 unspecified atom stereocenters. The van der Waals surface area contributed by atoms with E-state index in [2.05, 4.69) is 5.32 Å². The number of amides is 2. The molecule has 0 aromatic heterocycles. The van der Waals surface area contributed by atoms with Gasteiger partial charge in [0.25, 0.3) is 0 Å². The van der Waals surface area contributed by atoms with Crippen LogP contribution in [0.5, 0.6) is 0 Å². The molecule has 2 atom stereocenters. The molecule has 0 radical (unpaired) electrons. The van der Waals surface area contributed by atoms with Gasteiger partial charge in [0, 0.05) is 25.1 Å². The molecule has 2 aliphatic rings. The fraction of sp³-hybridized carbons (Fsp3) is 0.579. The molecule has 0 spiro atoms. The first kappa shape index (κ1) is 16.9. The van der Waals surface area contributed by atoms with Gasteiger partial charge in [-0.3, -0.25) is 9.59 Å². The van der Waals surface area contributed by atoms with Crippen molar-refractivity contribution in [3.63, 3.8) is 0 Å². The molecule has 2 amide bonds. The van der Waals surface area contributed by atoms with Crippen LogP contribution in [0.25, 0.3) is 0 Å². The van der Waals surface area contributed by atoms with Gasteiger partial charge in [-0.2, -0.15) is 0 Å². The Hall–Kier alpha value is -1.91. The molecule has 0 bridgehead atoms. The molecule has 1 heterocycles. The molecule has 130 valence electrons. The number of carbonyl (C=O) groups excluding carboxylic acids is 2. The maximum atomic E-state index is 14.3. The first-order chi connectivity index (χ1) is 11.6. The molecule has 1 saturated heterocycles. The number of piperidine rings is 1. The number of nitrogens with one attached hydrogen (secondary N) is 1. The minimum atomic E-state index is -0.531. The molecule has 24 heavy (non-hydrogen) atoms. The predicted molar refractivity (Wildman–Crippen MR) is 89.7 cm³/mol. The molecule has 1 N–H and O–H groups in total. The van der Waals surface area contributed by atoms with Gasteiger partial charge in [0.15, 0.2) is 0 Å². The monoisotopic (exact) mass is 332 g/mol. The van der Waals surface area contributed by atoms with Crippen LogP contribution in [0, 0.1) is 11.7 Å². The zero-order valence-corrected chi connectivity index (χ0v) is 14.1. The second kappa shape index (κ2) is 7.32. The smallest absolute Gasteiger partial charge is 0.225 e. The highest BCUT2D eigenvalue weighted by Gasteiger charge is 2.40. The third-order valence-electron chi connectivity index (χ3n) is 5.37. The summed E-state index contributed by atoms with van der Waals surface area (Å²) in [6.07, 6.45) is 6.35. The van der Waals surface area contributed by atoms with Gasteiger partial charge in [-0.15, -0.1) is 0 Å². The summed E-state index contributed by atoms with van der Waals surface area (Å²) < 4.78 is 14.3. The Balaban J connectivity index is 1.82. The average Bonchev–Trinajstić information content (AvgIpc) is 2.59. The Morgan fingerprint density at radius 2 is 1.88 bits per heavy atom. The van der Waals surface area contributed by atoms with Crippen molar-refractivity contribution in [2.24, 2.45) is 5.92 Å². The Labute approximate surface area is 142 Å². The van der Waals surface area contributed by atoms with Gasteiger partial charge in [-0.1, -0.05) is 37.5 Å². The maximum Gasteiger partial charge on any atom is 0.225 e. The average molecular weight is 332 g/mol. The fourth-order valence-corrected chi connectivity index (χ4v) is 4.01. The molecule has 1 aromatic rings. The van der Waals surface area contributed by atoms with Crippen molar-refractivity contribution < 1.29 is 14.0 Å². The Kier molecular flexibility index (Phi) is 5.17. The molecule has 1 aliphatic heterocycles. The van der Waals surface area contributed by atoms with Crippen LogP contribution in [-0.4, -0.2) is 29.8 Å². The quantitative estimate of drug-likeness (QED) is 0.924. The van der Waals surface area contributed by atoms with E-state index in [9.17, 15) is 14.0 Å². The molecule has 1 saturated carbocycles. The maximum absolute atomic E-state index is 14.3. The van der Waals surface area contributed by atoms with E-state index in [1.807, 2.05) is 0 Å². The Morgan fingerprint density at radius 3 is 2.58 bits per heavy atom. The number of likely N-dealkylation sites (tertiary alicyclic amines) is 1. The molecule has 2 fully saturated rings. The van der Waals surface area contributed by atoms with Crippen LogP contribution in [-0.2, 0) is 9.59 Å². The standard InChI is InChI=1S/C19H25FN2O2/c1-22-17(23)12-11-15(18(22)14-9-5-6-10-16(14)20)19(24)21-13-7-3-2-4-8-13/h5-6,9-10,13,15,18H,2-4,7-8,11-12H2,1H3,(H,21,24)/t15-,18+/m1/s1. The van der Waals surface area contributed by atoms with Gasteiger partial charge >= 0.3 is 0 Å². The molecular weight excluding hydrogens is 307 g/mol. The van der Waals surface area contributed by atoms with E-state index in [0.717, 1.165) is 25.7 Å². The van der Waals surface area contributed by atoms with E-state index in [1.165, 1.54) is 17.4 Å². The highest BCUT2D eigenvalue weighted by Crippen LogP contribution is 2.37. The van der Waals surface area contributed by atoms with E-state index in [0.29, 0.717) is 18.4 Å². The van der Waals surface area contributed by atoms with Crippen molar-refractivity contribution in [3.8, 4) is 0 Å². The lowest BCUT2D eigenvalue weighted by Gasteiger charge is -2.39. The van der Waals surface area contributed by atoms with Crippen LogP contribution < -0.4 is 5.32 Å². The largest absolute Gasteiger partial charge is 0.353 e. The van der Waals surface area contributed by atoms with Gasteiger partial charge in [0.05, 0.1) is 12.0 Å². The third kappa shape index (κ3) is 3.45. The highest BCUT2D eigenvalue weighted by molar-refractivity contribution is 5.85. The Bertz CT molecular complexity index is 613. The van der Waals surface area contributed by atoms with Crippen molar-refractivity contribution >= 4 is 11.8 Å². The zero-order valence-electron chi connectivity index (χ0n) is 14.1. The van der Waals surface area contributed by atoms with E-state index in [-0.39, 0.29) is 23.7 Å². The van der Waals surface area contributed by atoms with Crippen LogP contribution in [0.3, 0.4) is 0 Å². The van der Waals surface area contributed by atoms with Crippen molar-refractivity contribution in [1.29, 1.82) is 0 Å². The summed E-state index contributed by atoms with van der Waals surface area (Å²) in [5.74, 6) is -0.842. The van der Waals surface area contributed by atoms with E-state index in [4.69, 9.17) is 0 Å². The predicted octanol–water partition coefficient (Wildman–Crippen LogP) is 3.18. The van der Waals surface area contributed by atoms with Gasteiger partial charge < -0.3 is 10.2 Å². The number of benzene rings is 1. The summed E-state index contributed by atoms with van der Waals surface area (Å²) in [4.78, 5) is 26.5. The van der Waals surface area contributed by atoms with Crippen molar-refractivity contribution in [2.75, 3.05) is 7.05 Å². The topological polar surface area (TPSA) is 49.4 Å². The fourth-order valence-electron chi connectivity index (χ4n) is 4.01. The zero-order chi connectivity index (χ0) is 17.1. The molecule has 5 heteroatoms. The summed E-state index contributed by atoms with van der Waals surface area (Å²) in [6.45, 7) is 0. The minimum absolute atomic E-state index is 0.0371. The van der Waals surface area contributed by atoms with Gasteiger partial charge in [-0.25, -0.2) is 4.39 Å². The molecule has 1 aliphatic carbocycles. The van der Waals surface area contributed by atoms with Crippen molar-refractivity contribution in [3.05, 3.63) is 35.6 Å². The minimum Gasteiger partial charge on any atom is -0.353 e. The number of halogens is 1. The summed E-state index contributed by atoms with van der Waals surface area (Å²) in [5, 5.41) is 3.14. The first-order valence-electron chi connectivity index (χ1n) is 8.88. The van der Waals surface area contributed by atoms with Gasteiger partial charge in [0.2, 0.25) is 11.8 Å². The normalized spacial score (nSPS) is 25.6. The number of nitrogens with zero attached hydrogens (tertiary/aromatic N) is 1. The second-order valence-corrected chi connectivity index (χ2v) is 6.96. The lowest BCUT2D eigenvalue weighted by molar-refractivity contribution is -0.142. The number of carbonyl (C=O) groups is 2. The summed E-state index contributed by atoms with van der Waals surface area (Å²) in [5.41, 5.74) is 0.428. The Morgan fingerprint density at radius 1 is 1.17 bits per heavy atom. The number of rotatable bonds is 3. The van der Waals surface area contributed by atoms with Gasteiger partial charge in [-0.05, 0) is 25.3 Å². The summed E-state index contributed by atoms with van der Waals surface area (Å²) in [7, 11) is 1.67. The molecule has 1 aromatic carbocycles. The molecule has 4 nitrogen and oxygen atoms in total. The summed E-state index contributed by atoms with van der Waals surface area (Å²) >= 11 is 0. The SMILES string of the molecule is CN1C(=O)CC[C@@H](C(=O)NC2CCCCC2)[C@@H]1c1ccccc1F. The third-order valence-corrected chi connectivity index (χ3v) is 5.37. The highest BCUT2D eigenvalue weighted by atomic mass is 19.1. The number of hydrogen-bond acceptors (Lipinski definition) is 2. The second-order valence-electron chi connectivity index (χ2n) is 6.96. The molecule has 3 rings (SSSR count). The van der Waals surface area contributed by atoms with E-state index in [1.54, 1.807) is 25.2 Å². The number of hydrogen-bond donors (Lipinski definition) is 1. The van der Waals surface area contributed by atoms with Crippen LogP contribution in [0.2, 0.25) is 0 Å². The van der Waals surface area contributed by atoms with Crippen LogP contribution in [0.4, 0.5) is 4.39 Å².